The second-order valence-electron chi connectivity index (χ2n) is 4.82. The lowest BCUT2D eigenvalue weighted by molar-refractivity contribution is -0.114. The van der Waals surface area contributed by atoms with Gasteiger partial charge in [0.1, 0.15) is 0 Å². The number of hydrogen-bond acceptors (Lipinski definition) is 2. The van der Waals surface area contributed by atoms with Gasteiger partial charge >= 0.3 is 0 Å². The van der Waals surface area contributed by atoms with Crippen LogP contribution in [0.3, 0.4) is 0 Å². The number of aliphatic imine (C=N–C) groups is 1. The molecule has 1 aromatic carbocycles. The SMILES string of the molecule is COC1C=CC2=NC(=O)C(Cc3ccccc3)=CC2=C1. The zero-order valence-corrected chi connectivity index (χ0v) is 11.2. The van der Waals surface area contributed by atoms with E-state index in [1.54, 1.807) is 7.11 Å². The number of hydrogen-bond donors (Lipinski definition) is 0. The first kappa shape index (κ1) is 12.8. The molecule has 1 unspecified atom stereocenters. The van der Waals surface area contributed by atoms with Crippen molar-refractivity contribution in [3.05, 3.63) is 71.3 Å². The Morgan fingerprint density at radius 3 is 2.80 bits per heavy atom. The van der Waals surface area contributed by atoms with Crippen molar-refractivity contribution in [1.82, 2.24) is 0 Å². The van der Waals surface area contributed by atoms with Crippen molar-refractivity contribution in [3.8, 4) is 0 Å². The van der Waals surface area contributed by atoms with Crippen molar-refractivity contribution < 1.29 is 9.53 Å². The summed E-state index contributed by atoms with van der Waals surface area (Å²) in [5, 5.41) is 0. The summed E-state index contributed by atoms with van der Waals surface area (Å²) in [6, 6.07) is 9.94. The highest BCUT2D eigenvalue weighted by Crippen LogP contribution is 2.22. The first-order valence-electron chi connectivity index (χ1n) is 6.57. The predicted octanol–water partition coefficient (Wildman–Crippen LogP) is 2.65. The van der Waals surface area contributed by atoms with E-state index in [2.05, 4.69) is 4.99 Å². The molecule has 0 bridgehead atoms. The molecular formula is C17H15NO2. The lowest BCUT2D eigenvalue weighted by Gasteiger charge is -2.18. The van der Waals surface area contributed by atoms with Gasteiger partial charge in [-0.15, -0.1) is 0 Å². The maximum Gasteiger partial charge on any atom is 0.273 e. The molecule has 0 saturated heterocycles. The van der Waals surface area contributed by atoms with Crippen LogP contribution in [0.4, 0.5) is 0 Å². The van der Waals surface area contributed by atoms with E-state index < -0.39 is 0 Å². The number of ether oxygens (including phenoxy) is 1. The molecule has 0 N–H and O–H groups in total. The van der Waals surface area contributed by atoms with E-state index in [1.165, 1.54) is 0 Å². The van der Waals surface area contributed by atoms with Gasteiger partial charge in [0.15, 0.2) is 0 Å². The molecule has 2 aliphatic rings. The molecule has 0 radical (unpaired) electrons. The van der Waals surface area contributed by atoms with Crippen LogP contribution in [0.1, 0.15) is 5.56 Å². The van der Waals surface area contributed by atoms with Gasteiger partial charge < -0.3 is 4.74 Å². The van der Waals surface area contributed by atoms with E-state index in [-0.39, 0.29) is 12.0 Å². The van der Waals surface area contributed by atoms with Crippen LogP contribution in [-0.2, 0) is 16.0 Å². The number of methoxy groups -OCH3 is 1. The highest BCUT2D eigenvalue weighted by molar-refractivity contribution is 6.20. The molecule has 1 amide bonds. The molecule has 3 rings (SSSR count). The third-order valence-electron chi connectivity index (χ3n) is 3.42. The summed E-state index contributed by atoms with van der Waals surface area (Å²) in [4.78, 5) is 16.2. The van der Waals surface area contributed by atoms with E-state index in [0.717, 1.165) is 22.4 Å². The summed E-state index contributed by atoms with van der Waals surface area (Å²) >= 11 is 0. The summed E-state index contributed by atoms with van der Waals surface area (Å²) in [5.41, 5.74) is 3.52. The van der Waals surface area contributed by atoms with Gasteiger partial charge in [-0.25, -0.2) is 4.99 Å². The molecule has 1 aliphatic carbocycles. The van der Waals surface area contributed by atoms with Crippen LogP contribution in [0.2, 0.25) is 0 Å². The number of dihydropyridines is 1. The minimum atomic E-state index is -0.151. The fraction of sp³-hybridized carbons (Fsp3) is 0.176. The van der Waals surface area contributed by atoms with Gasteiger partial charge in [-0.1, -0.05) is 30.3 Å². The van der Waals surface area contributed by atoms with Crippen molar-refractivity contribution >= 4 is 11.6 Å². The Kier molecular flexibility index (Phi) is 3.44. The molecule has 1 aromatic rings. The third-order valence-corrected chi connectivity index (χ3v) is 3.42. The van der Waals surface area contributed by atoms with Crippen LogP contribution in [0, 0.1) is 0 Å². The molecule has 0 saturated carbocycles. The zero-order chi connectivity index (χ0) is 13.9. The Labute approximate surface area is 118 Å². The van der Waals surface area contributed by atoms with Gasteiger partial charge in [-0.3, -0.25) is 4.79 Å². The van der Waals surface area contributed by atoms with E-state index >= 15 is 0 Å². The standard InChI is InChI=1S/C17H15NO2/c1-20-15-7-8-16-13(11-15)10-14(17(19)18-16)9-12-5-3-2-4-6-12/h2-8,10-11,15H,9H2,1H3. The van der Waals surface area contributed by atoms with E-state index in [9.17, 15) is 4.79 Å². The van der Waals surface area contributed by atoms with Gasteiger partial charge in [-0.2, -0.15) is 0 Å². The van der Waals surface area contributed by atoms with Crippen LogP contribution in [-0.4, -0.2) is 24.8 Å². The van der Waals surface area contributed by atoms with Crippen LogP contribution in [0.15, 0.2) is 70.8 Å². The number of benzene rings is 1. The predicted molar refractivity (Wildman–Crippen MR) is 78.7 cm³/mol. The molecule has 3 nitrogen and oxygen atoms in total. The number of nitrogens with zero attached hydrogens (tertiary/aromatic N) is 1. The largest absolute Gasteiger partial charge is 0.373 e. The number of allylic oxidation sites excluding steroid dienone is 3. The normalized spacial score (nSPS) is 20.9. The Hall–Kier alpha value is -2.26. The number of carbonyl (C=O) groups excluding carboxylic acids is 1. The van der Waals surface area contributed by atoms with Crippen LogP contribution < -0.4 is 0 Å². The number of fused-ring (bicyclic) bond motifs is 1. The van der Waals surface area contributed by atoms with Crippen molar-refractivity contribution in [3.63, 3.8) is 0 Å². The van der Waals surface area contributed by atoms with Gasteiger partial charge in [0.25, 0.3) is 5.91 Å². The lowest BCUT2D eigenvalue weighted by Crippen LogP contribution is -2.19. The van der Waals surface area contributed by atoms with Crippen molar-refractivity contribution in [2.45, 2.75) is 12.5 Å². The molecule has 0 fully saturated rings. The highest BCUT2D eigenvalue weighted by atomic mass is 16.5. The maximum atomic E-state index is 12.1. The molecular weight excluding hydrogens is 250 g/mol. The summed E-state index contributed by atoms with van der Waals surface area (Å²) < 4.78 is 5.29. The van der Waals surface area contributed by atoms with Gasteiger partial charge in [0.2, 0.25) is 0 Å². The molecule has 0 spiro atoms. The minimum absolute atomic E-state index is 0.0497. The Morgan fingerprint density at radius 1 is 1.25 bits per heavy atom. The first-order chi connectivity index (χ1) is 9.76. The monoisotopic (exact) mass is 265 g/mol. The summed E-state index contributed by atoms with van der Waals surface area (Å²) in [7, 11) is 1.66. The zero-order valence-electron chi connectivity index (χ0n) is 11.2. The molecule has 1 heterocycles. The van der Waals surface area contributed by atoms with Crippen molar-refractivity contribution in [1.29, 1.82) is 0 Å². The van der Waals surface area contributed by atoms with E-state index in [1.807, 2.05) is 54.6 Å². The van der Waals surface area contributed by atoms with Gasteiger partial charge in [0, 0.05) is 19.1 Å². The number of rotatable bonds is 3. The van der Waals surface area contributed by atoms with Crippen LogP contribution in [0.25, 0.3) is 0 Å². The Bertz CT molecular complexity index is 651. The van der Waals surface area contributed by atoms with Crippen LogP contribution in [0.5, 0.6) is 0 Å². The molecule has 1 atom stereocenters. The maximum absolute atomic E-state index is 12.1. The fourth-order valence-corrected chi connectivity index (χ4v) is 2.34. The Balaban J connectivity index is 1.88. The lowest BCUT2D eigenvalue weighted by atomic mass is 9.94. The average Bonchev–Trinajstić information content (AvgIpc) is 2.48. The minimum Gasteiger partial charge on any atom is -0.373 e. The summed E-state index contributed by atoms with van der Waals surface area (Å²) in [6.45, 7) is 0. The smallest absolute Gasteiger partial charge is 0.273 e. The molecule has 3 heteroatoms. The highest BCUT2D eigenvalue weighted by Gasteiger charge is 2.21. The molecule has 0 aromatic heterocycles. The molecule has 100 valence electrons. The quantitative estimate of drug-likeness (QED) is 0.842. The first-order valence-corrected chi connectivity index (χ1v) is 6.57. The summed E-state index contributed by atoms with van der Waals surface area (Å²) in [5.74, 6) is -0.151. The average molecular weight is 265 g/mol. The molecule has 1 aliphatic heterocycles. The number of amides is 1. The number of carbonyl (C=O) groups is 1. The van der Waals surface area contributed by atoms with Crippen LogP contribution >= 0.6 is 0 Å². The van der Waals surface area contributed by atoms with E-state index in [4.69, 9.17) is 4.74 Å². The van der Waals surface area contributed by atoms with Crippen molar-refractivity contribution in [2.75, 3.05) is 7.11 Å². The second-order valence-corrected chi connectivity index (χ2v) is 4.82. The topological polar surface area (TPSA) is 38.7 Å². The Morgan fingerprint density at radius 2 is 2.05 bits per heavy atom. The third kappa shape index (κ3) is 2.53. The fourth-order valence-electron chi connectivity index (χ4n) is 2.34. The second kappa shape index (κ2) is 5.39. The van der Waals surface area contributed by atoms with E-state index in [0.29, 0.717) is 6.42 Å². The van der Waals surface area contributed by atoms with Gasteiger partial charge in [-0.05, 0) is 35.4 Å². The summed E-state index contributed by atoms with van der Waals surface area (Å²) in [6.07, 6.45) is 8.20. The molecule has 20 heavy (non-hydrogen) atoms. The van der Waals surface area contributed by atoms with Crippen molar-refractivity contribution in [2.24, 2.45) is 4.99 Å². The van der Waals surface area contributed by atoms with Gasteiger partial charge in [0.05, 0.1) is 11.8 Å².